The summed E-state index contributed by atoms with van der Waals surface area (Å²) in [6.45, 7) is 0.280. The summed E-state index contributed by atoms with van der Waals surface area (Å²) in [5.41, 5.74) is 1.92. The number of ether oxygens (including phenoxy) is 2. The Labute approximate surface area is 178 Å². The summed E-state index contributed by atoms with van der Waals surface area (Å²) in [5.74, 6) is -0.493. The average molecular weight is 414 g/mol. The van der Waals surface area contributed by atoms with E-state index in [1.165, 1.54) is 4.90 Å². The predicted molar refractivity (Wildman–Crippen MR) is 111 cm³/mol. The maximum atomic E-state index is 13.1. The lowest BCUT2D eigenvalue weighted by atomic mass is 9.95. The van der Waals surface area contributed by atoms with Gasteiger partial charge in [-0.3, -0.25) is 14.6 Å². The van der Waals surface area contributed by atoms with Gasteiger partial charge in [0.15, 0.2) is 11.5 Å². The van der Waals surface area contributed by atoms with E-state index in [0.29, 0.717) is 22.6 Å². The Morgan fingerprint density at radius 3 is 2.61 bits per heavy atom. The van der Waals surface area contributed by atoms with Crippen molar-refractivity contribution in [1.82, 2.24) is 9.88 Å². The molecular weight excluding hydrogens is 396 g/mol. The highest BCUT2D eigenvalue weighted by Crippen LogP contribution is 2.43. The Kier molecular flexibility index (Phi) is 4.63. The SMILES string of the molecule is O=C1C(=O)N(Cc2cccnc2)[C@@H](c2ccc3c(c2)OCO3)C1=C(O)c1ccccc1. The number of Topliss-reactive ketones (excluding diaryl/α,β-unsaturated/α-hetero) is 1. The predicted octanol–water partition coefficient (Wildman–Crippen LogP) is 3.43. The van der Waals surface area contributed by atoms with Gasteiger partial charge in [-0.15, -0.1) is 0 Å². The van der Waals surface area contributed by atoms with E-state index < -0.39 is 17.7 Å². The van der Waals surface area contributed by atoms with Crippen molar-refractivity contribution in [2.24, 2.45) is 0 Å². The molecule has 1 atom stereocenters. The topological polar surface area (TPSA) is 89.0 Å². The number of hydrogen-bond acceptors (Lipinski definition) is 6. The summed E-state index contributed by atoms with van der Waals surface area (Å²) < 4.78 is 10.9. The van der Waals surface area contributed by atoms with Crippen LogP contribution in [0.3, 0.4) is 0 Å². The van der Waals surface area contributed by atoms with Crippen LogP contribution in [0, 0.1) is 0 Å². The molecule has 0 spiro atoms. The minimum atomic E-state index is -0.782. The van der Waals surface area contributed by atoms with Crippen LogP contribution in [0.5, 0.6) is 11.5 Å². The number of ketones is 1. The molecule has 2 aliphatic rings. The number of benzene rings is 2. The lowest BCUT2D eigenvalue weighted by Crippen LogP contribution is -2.29. The summed E-state index contributed by atoms with van der Waals surface area (Å²) in [7, 11) is 0. The van der Waals surface area contributed by atoms with Gasteiger partial charge in [-0.2, -0.15) is 0 Å². The highest BCUT2D eigenvalue weighted by Gasteiger charge is 2.46. The molecule has 0 radical (unpaired) electrons. The van der Waals surface area contributed by atoms with E-state index in [0.717, 1.165) is 5.56 Å². The minimum Gasteiger partial charge on any atom is -0.507 e. The van der Waals surface area contributed by atoms with Crippen LogP contribution < -0.4 is 9.47 Å². The van der Waals surface area contributed by atoms with E-state index in [9.17, 15) is 14.7 Å². The van der Waals surface area contributed by atoms with Gasteiger partial charge < -0.3 is 19.5 Å². The molecule has 1 fully saturated rings. The van der Waals surface area contributed by atoms with Crippen LogP contribution >= 0.6 is 0 Å². The third-order valence-corrected chi connectivity index (χ3v) is 5.38. The fourth-order valence-corrected chi connectivity index (χ4v) is 3.91. The number of carbonyl (C=O) groups is 2. The largest absolute Gasteiger partial charge is 0.507 e. The number of aromatic nitrogens is 1. The first-order valence-corrected chi connectivity index (χ1v) is 9.76. The van der Waals surface area contributed by atoms with Crippen LogP contribution in [0.15, 0.2) is 78.6 Å². The second-order valence-electron chi connectivity index (χ2n) is 7.27. The molecule has 31 heavy (non-hydrogen) atoms. The van der Waals surface area contributed by atoms with Gasteiger partial charge in [-0.05, 0) is 29.3 Å². The molecule has 1 amide bonds. The summed E-state index contributed by atoms with van der Waals surface area (Å²) >= 11 is 0. The molecular formula is C24H18N2O5. The van der Waals surface area contributed by atoms with Crippen molar-refractivity contribution < 1.29 is 24.2 Å². The third-order valence-electron chi connectivity index (χ3n) is 5.38. The Hall–Kier alpha value is -4.13. The average Bonchev–Trinajstić information content (AvgIpc) is 3.37. The van der Waals surface area contributed by atoms with E-state index >= 15 is 0 Å². The molecule has 3 aromatic rings. The second kappa shape index (κ2) is 7.60. The number of hydrogen-bond donors (Lipinski definition) is 1. The third kappa shape index (κ3) is 3.30. The molecule has 1 N–H and O–H groups in total. The fraction of sp³-hybridized carbons (Fsp3) is 0.125. The summed E-state index contributed by atoms with van der Waals surface area (Å²) in [5, 5.41) is 11.0. The molecule has 2 aromatic carbocycles. The fourth-order valence-electron chi connectivity index (χ4n) is 3.91. The molecule has 2 aliphatic heterocycles. The number of aliphatic hydroxyl groups excluding tert-OH is 1. The molecule has 1 saturated heterocycles. The second-order valence-corrected chi connectivity index (χ2v) is 7.27. The van der Waals surface area contributed by atoms with E-state index in [4.69, 9.17) is 9.47 Å². The Morgan fingerprint density at radius 1 is 1.03 bits per heavy atom. The highest BCUT2D eigenvalue weighted by molar-refractivity contribution is 6.46. The van der Waals surface area contributed by atoms with E-state index in [-0.39, 0.29) is 24.7 Å². The monoisotopic (exact) mass is 414 g/mol. The molecule has 0 unspecified atom stereocenters. The Balaban J connectivity index is 1.66. The molecule has 0 aliphatic carbocycles. The molecule has 1 aromatic heterocycles. The van der Waals surface area contributed by atoms with Gasteiger partial charge >= 0.3 is 0 Å². The van der Waals surface area contributed by atoms with Gasteiger partial charge in [0.05, 0.1) is 11.6 Å². The van der Waals surface area contributed by atoms with Crippen LogP contribution in [0.4, 0.5) is 0 Å². The van der Waals surface area contributed by atoms with Crippen molar-refractivity contribution in [2.75, 3.05) is 6.79 Å². The number of amides is 1. The Morgan fingerprint density at radius 2 is 1.84 bits per heavy atom. The first-order chi connectivity index (χ1) is 15.1. The first-order valence-electron chi connectivity index (χ1n) is 9.76. The van der Waals surface area contributed by atoms with E-state index in [2.05, 4.69) is 4.98 Å². The summed E-state index contributed by atoms with van der Waals surface area (Å²) in [4.78, 5) is 31.6. The zero-order valence-corrected chi connectivity index (χ0v) is 16.4. The van der Waals surface area contributed by atoms with E-state index in [1.54, 1.807) is 60.9 Å². The van der Waals surface area contributed by atoms with Crippen molar-refractivity contribution in [3.05, 3.63) is 95.3 Å². The molecule has 0 bridgehead atoms. The van der Waals surface area contributed by atoms with Gasteiger partial charge in [0, 0.05) is 24.5 Å². The Bertz CT molecular complexity index is 1190. The summed E-state index contributed by atoms with van der Waals surface area (Å²) in [6, 6.07) is 16.8. The van der Waals surface area contributed by atoms with Gasteiger partial charge in [-0.25, -0.2) is 0 Å². The van der Waals surface area contributed by atoms with Crippen molar-refractivity contribution in [1.29, 1.82) is 0 Å². The zero-order valence-electron chi connectivity index (χ0n) is 16.4. The number of aliphatic hydroxyl groups is 1. The van der Waals surface area contributed by atoms with Crippen molar-refractivity contribution in [3.8, 4) is 11.5 Å². The minimum absolute atomic E-state index is 0.0407. The van der Waals surface area contributed by atoms with E-state index in [1.807, 2.05) is 12.1 Å². The molecule has 154 valence electrons. The summed E-state index contributed by atoms with van der Waals surface area (Å²) in [6.07, 6.45) is 3.29. The molecule has 5 rings (SSSR count). The van der Waals surface area contributed by atoms with Crippen molar-refractivity contribution >= 4 is 17.4 Å². The molecule has 7 nitrogen and oxygen atoms in total. The standard InChI is InChI=1S/C24H18N2O5/c27-22(16-6-2-1-3-7-16)20-21(17-8-9-18-19(11-17)31-14-30-18)26(24(29)23(20)28)13-15-5-4-10-25-12-15/h1-12,21,27H,13-14H2/t21-/m0/s1. The number of rotatable bonds is 4. The van der Waals surface area contributed by atoms with Crippen molar-refractivity contribution in [3.63, 3.8) is 0 Å². The normalized spacial score (nSPS) is 19.1. The van der Waals surface area contributed by atoms with Crippen LogP contribution in [-0.2, 0) is 16.1 Å². The lowest BCUT2D eigenvalue weighted by Gasteiger charge is -2.25. The van der Waals surface area contributed by atoms with Crippen molar-refractivity contribution in [2.45, 2.75) is 12.6 Å². The number of nitrogens with zero attached hydrogens (tertiary/aromatic N) is 2. The smallest absolute Gasteiger partial charge is 0.295 e. The van der Waals surface area contributed by atoms with Gasteiger partial charge in [0.25, 0.3) is 11.7 Å². The van der Waals surface area contributed by atoms with Gasteiger partial charge in [0.1, 0.15) is 5.76 Å². The first kappa shape index (κ1) is 18.9. The zero-order chi connectivity index (χ0) is 21.4. The molecule has 0 saturated carbocycles. The maximum Gasteiger partial charge on any atom is 0.295 e. The number of likely N-dealkylation sites (tertiary alicyclic amines) is 1. The van der Waals surface area contributed by atoms with Crippen LogP contribution in [0.25, 0.3) is 5.76 Å². The molecule has 3 heterocycles. The maximum absolute atomic E-state index is 13.1. The van der Waals surface area contributed by atoms with Crippen LogP contribution in [0.2, 0.25) is 0 Å². The number of fused-ring (bicyclic) bond motifs is 1. The lowest BCUT2D eigenvalue weighted by molar-refractivity contribution is -0.140. The highest BCUT2D eigenvalue weighted by atomic mass is 16.7. The molecule has 7 heteroatoms. The van der Waals surface area contributed by atoms with Gasteiger partial charge in [-0.1, -0.05) is 42.5 Å². The van der Waals surface area contributed by atoms with Crippen LogP contribution in [0.1, 0.15) is 22.7 Å². The van der Waals surface area contributed by atoms with Gasteiger partial charge in [0.2, 0.25) is 6.79 Å². The number of carbonyl (C=O) groups excluding carboxylic acids is 2. The quantitative estimate of drug-likeness (QED) is 0.400. The van der Waals surface area contributed by atoms with Crippen LogP contribution in [-0.4, -0.2) is 33.5 Å². The number of pyridine rings is 1.